The van der Waals surface area contributed by atoms with E-state index in [4.69, 9.17) is 9.47 Å². The molecule has 0 aromatic heterocycles. The molecular weight excluding hydrogens is 368 g/mol. The molecule has 0 saturated heterocycles. The second-order valence-corrected chi connectivity index (χ2v) is 7.53. The molecule has 29 heavy (non-hydrogen) atoms. The second-order valence-electron chi connectivity index (χ2n) is 7.53. The molecule has 2 aliphatic heterocycles. The summed E-state index contributed by atoms with van der Waals surface area (Å²) < 4.78 is 10.8. The first kappa shape index (κ1) is 19.3. The summed E-state index contributed by atoms with van der Waals surface area (Å²) in [5.74, 6) is 1.33. The van der Waals surface area contributed by atoms with Crippen molar-refractivity contribution in [3.8, 4) is 11.5 Å². The first-order valence-corrected chi connectivity index (χ1v) is 9.96. The van der Waals surface area contributed by atoms with Crippen LogP contribution in [0.4, 0.5) is 5.69 Å². The molecule has 4 rings (SSSR count). The number of methoxy groups -OCH3 is 2. The summed E-state index contributed by atoms with van der Waals surface area (Å²) in [6, 6.07) is 11.7. The van der Waals surface area contributed by atoms with Crippen molar-refractivity contribution < 1.29 is 19.1 Å². The number of hydrogen-bond donors (Lipinski definition) is 0. The lowest BCUT2D eigenvalue weighted by molar-refractivity contribution is -0.133. The predicted molar refractivity (Wildman–Crippen MR) is 110 cm³/mol. The van der Waals surface area contributed by atoms with Gasteiger partial charge in [0.15, 0.2) is 11.5 Å². The number of anilines is 1. The number of fused-ring (bicyclic) bond motifs is 2. The Bertz CT molecular complexity index is 956. The lowest BCUT2D eigenvalue weighted by Gasteiger charge is -2.38. The van der Waals surface area contributed by atoms with E-state index in [2.05, 4.69) is 0 Å². The quantitative estimate of drug-likeness (QED) is 0.800. The van der Waals surface area contributed by atoms with E-state index in [0.29, 0.717) is 24.5 Å². The van der Waals surface area contributed by atoms with E-state index < -0.39 is 0 Å². The summed E-state index contributed by atoms with van der Waals surface area (Å²) in [7, 11) is 3.24. The van der Waals surface area contributed by atoms with E-state index in [1.165, 1.54) is 5.56 Å². The largest absolute Gasteiger partial charge is 0.493 e. The summed E-state index contributed by atoms with van der Waals surface area (Å²) >= 11 is 0. The van der Waals surface area contributed by atoms with Crippen LogP contribution in [-0.4, -0.2) is 44.0 Å². The molecule has 0 saturated carbocycles. The molecule has 0 bridgehead atoms. The number of ether oxygens (including phenoxy) is 2. The number of para-hydroxylation sites is 1. The first-order valence-electron chi connectivity index (χ1n) is 9.96. The van der Waals surface area contributed by atoms with Crippen molar-refractivity contribution >= 4 is 17.5 Å². The van der Waals surface area contributed by atoms with Crippen LogP contribution in [0.15, 0.2) is 36.4 Å². The van der Waals surface area contributed by atoms with Crippen molar-refractivity contribution in [1.29, 1.82) is 0 Å². The highest BCUT2D eigenvalue weighted by Gasteiger charge is 2.32. The summed E-state index contributed by atoms with van der Waals surface area (Å²) in [4.78, 5) is 29.2. The molecule has 2 aromatic carbocycles. The molecule has 0 fully saturated rings. The van der Waals surface area contributed by atoms with Crippen molar-refractivity contribution in [1.82, 2.24) is 4.90 Å². The maximum absolute atomic E-state index is 13.2. The Hall–Kier alpha value is -3.02. The van der Waals surface area contributed by atoms with Crippen LogP contribution in [-0.2, 0) is 22.4 Å². The fraction of sp³-hybridized carbons (Fsp3) is 0.391. The van der Waals surface area contributed by atoms with Crippen LogP contribution in [0.5, 0.6) is 11.5 Å². The van der Waals surface area contributed by atoms with Crippen molar-refractivity contribution in [2.24, 2.45) is 0 Å². The molecule has 6 heteroatoms. The first-order chi connectivity index (χ1) is 14.0. The Labute approximate surface area is 171 Å². The molecule has 1 atom stereocenters. The van der Waals surface area contributed by atoms with Crippen LogP contribution < -0.4 is 14.4 Å². The normalized spacial score (nSPS) is 18.2. The summed E-state index contributed by atoms with van der Waals surface area (Å²) in [6.07, 6.45) is 1.92. The van der Waals surface area contributed by atoms with Crippen LogP contribution in [0.2, 0.25) is 0 Å². The summed E-state index contributed by atoms with van der Waals surface area (Å²) in [6.45, 7) is 2.71. The zero-order valence-corrected chi connectivity index (χ0v) is 17.1. The number of carbonyl (C=O) groups is 2. The van der Waals surface area contributed by atoms with Crippen LogP contribution >= 0.6 is 0 Å². The molecule has 1 unspecified atom stereocenters. The monoisotopic (exact) mass is 394 g/mol. The van der Waals surface area contributed by atoms with Gasteiger partial charge in [-0.2, -0.15) is 0 Å². The highest BCUT2D eigenvalue weighted by Crippen LogP contribution is 2.38. The minimum absolute atomic E-state index is 0.00789. The third-order valence-electron chi connectivity index (χ3n) is 5.99. The lowest BCUT2D eigenvalue weighted by atomic mass is 9.92. The van der Waals surface area contributed by atoms with Crippen LogP contribution in [0.3, 0.4) is 0 Å². The Morgan fingerprint density at radius 2 is 1.76 bits per heavy atom. The van der Waals surface area contributed by atoms with Crippen molar-refractivity contribution in [2.75, 3.05) is 32.2 Å². The molecular formula is C23H26N2O4. The molecule has 0 radical (unpaired) electrons. The highest BCUT2D eigenvalue weighted by molar-refractivity contribution is 6.01. The zero-order valence-electron chi connectivity index (χ0n) is 17.1. The number of carbonyl (C=O) groups excluding carboxylic acids is 2. The van der Waals surface area contributed by atoms with Gasteiger partial charge >= 0.3 is 0 Å². The van der Waals surface area contributed by atoms with Gasteiger partial charge < -0.3 is 19.3 Å². The van der Waals surface area contributed by atoms with Gasteiger partial charge in [-0.25, -0.2) is 0 Å². The molecule has 2 amide bonds. The molecule has 2 aromatic rings. The van der Waals surface area contributed by atoms with Gasteiger partial charge in [-0.15, -0.1) is 0 Å². The Balaban J connectivity index is 1.57. The molecule has 6 nitrogen and oxygen atoms in total. The number of benzene rings is 2. The van der Waals surface area contributed by atoms with Gasteiger partial charge in [0, 0.05) is 18.7 Å². The molecule has 2 aliphatic rings. The molecule has 152 valence electrons. The maximum atomic E-state index is 13.2. The van der Waals surface area contributed by atoms with E-state index in [1.54, 1.807) is 19.1 Å². The van der Waals surface area contributed by atoms with E-state index in [9.17, 15) is 9.59 Å². The Morgan fingerprint density at radius 3 is 2.52 bits per heavy atom. The number of aryl methyl sites for hydroxylation is 1. The van der Waals surface area contributed by atoms with Crippen LogP contribution in [0.1, 0.15) is 36.1 Å². The molecule has 2 heterocycles. The number of amides is 2. The molecule has 0 N–H and O–H groups in total. The van der Waals surface area contributed by atoms with Gasteiger partial charge in [-0.1, -0.05) is 18.2 Å². The van der Waals surface area contributed by atoms with Gasteiger partial charge in [0.2, 0.25) is 11.8 Å². The zero-order chi connectivity index (χ0) is 20.5. The van der Waals surface area contributed by atoms with E-state index in [-0.39, 0.29) is 24.4 Å². The fourth-order valence-corrected chi connectivity index (χ4v) is 4.38. The van der Waals surface area contributed by atoms with Crippen molar-refractivity contribution in [3.05, 3.63) is 53.1 Å². The van der Waals surface area contributed by atoms with E-state index in [0.717, 1.165) is 29.7 Å². The average Bonchev–Trinajstić information content (AvgIpc) is 2.75. The van der Waals surface area contributed by atoms with Gasteiger partial charge in [0.25, 0.3) is 0 Å². The third-order valence-corrected chi connectivity index (χ3v) is 5.99. The third kappa shape index (κ3) is 3.43. The van der Waals surface area contributed by atoms with Gasteiger partial charge in [0.1, 0.15) is 6.54 Å². The van der Waals surface area contributed by atoms with Crippen LogP contribution in [0, 0.1) is 0 Å². The van der Waals surface area contributed by atoms with Gasteiger partial charge in [-0.3, -0.25) is 9.59 Å². The fourth-order valence-electron chi connectivity index (χ4n) is 4.38. The Morgan fingerprint density at radius 1 is 1.03 bits per heavy atom. The minimum atomic E-state index is -0.0961. The number of hydrogen-bond acceptors (Lipinski definition) is 4. The van der Waals surface area contributed by atoms with E-state index >= 15 is 0 Å². The van der Waals surface area contributed by atoms with Crippen molar-refractivity contribution in [2.45, 2.75) is 32.2 Å². The summed E-state index contributed by atoms with van der Waals surface area (Å²) in [5, 5.41) is 0. The topological polar surface area (TPSA) is 59.1 Å². The molecule has 0 aliphatic carbocycles. The van der Waals surface area contributed by atoms with Crippen LogP contribution in [0.25, 0.3) is 0 Å². The minimum Gasteiger partial charge on any atom is -0.493 e. The van der Waals surface area contributed by atoms with Gasteiger partial charge in [-0.05, 0) is 54.7 Å². The standard InChI is InChI=1S/C23H26N2O4/c1-15-18-13-21(29-3)20(28-2)12-17(18)10-11-24(15)23(27)14-25-19-7-5-4-6-16(19)8-9-22(25)26/h4-7,12-13,15H,8-11,14H2,1-3H3. The number of nitrogens with zero attached hydrogens (tertiary/aromatic N) is 2. The lowest BCUT2D eigenvalue weighted by Crippen LogP contribution is -2.47. The average molecular weight is 394 g/mol. The maximum Gasteiger partial charge on any atom is 0.243 e. The Kier molecular flexibility index (Phi) is 5.18. The van der Waals surface area contributed by atoms with E-state index in [1.807, 2.05) is 48.2 Å². The number of rotatable bonds is 4. The molecule has 0 spiro atoms. The van der Waals surface area contributed by atoms with Gasteiger partial charge in [0.05, 0.1) is 20.3 Å². The smallest absolute Gasteiger partial charge is 0.243 e. The summed E-state index contributed by atoms with van der Waals surface area (Å²) in [5.41, 5.74) is 4.20. The predicted octanol–water partition coefficient (Wildman–Crippen LogP) is 3.13. The SMILES string of the molecule is COc1cc2c(cc1OC)C(C)N(C(=O)CN1C(=O)CCc3ccccc31)CC2. The second kappa shape index (κ2) is 7.78. The highest BCUT2D eigenvalue weighted by atomic mass is 16.5. The van der Waals surface area contributed by atoms with Crippen molar-refractivity contribution in [3.63, 3.8) is 0 Å².